The molecule has 140 valence electrons. The summed E-state index contributed by atoms with van der Waals surface area (Å²) < 4.78 is 0. The predicted molar refractivity (Wildman–Crippen MR) is 125 cm³/mol. The lowest BCUT2D eigenvalue weighted by Crippen LogP contribution is -2.04. The van der Waals surface area contributed by atoms with E-state index in [-0.39, 0.29) is 0 Å². The standard InChI is InChI=1S/C27H22N2/c1-3-7-18-23-14-16-10-11-20-17(22(16)15-26(23)28-24(18)4-2)12-13-21-19-8-5-6-9-25(19)29-27(20)21/h3-9,12-15,28-29H,2,10-11H2,1H3/b7-3-. The van der Waals surface area contributed by atoms with Crippen molar-refractivity contribution in [3.05, 3.63) is 83.6 Å². The van der Waals surface area contributed by atoms with Gasteiger partial charge < -0.3 is 9.97 Å². The zero-order chi connectivity index (χ0) is 19.5. The summed E-state index contributed by atoms with van der Waals surface area (Å²) in [7, 11) is 0. The van der Waals surface area contributed by atoms with Crippen LogP contribution in [0.4, 0.5) is 0 Å². The SMILES string of the molecule is C=Cc1[nH]c2cc3c(cc2c1/C=C\C)CCc1c-3ccc2c1[nH]c1ccccc12. The van der Waals surface area contributed by atoms with Gasteiger partial charge in [0.1, 0.15) is 0 Å². The molecule has 0 amide bonds. The quantitative estimate of drug-likeness (QED) is 0.326. The van der Waals surface area contributed by atoms with Gasteiger partial charge in [0.2, 0.25) is 0 Å². The average Bonchev–Trinajstić information content (AvgIpc) is 3.30. The lowest BCUT2D eigenvalue weighted by atomic mass is 9.83. The van der Waals surface area contributed by atoms with Gasteiger partial charge in [0.15, 0.2) is 0 Å². The van der Waals surface area contributed by atoms with Crippen molar-refractivity contribution in [3.63, 3.8) is 0 Å². The van der Waals surface area contributed by atoms with Crippen LogP contribution in [-0.2, 0) is 12.8 Å². The molecule has 2 heteroatoms. The molecule has 0 radical (unpaired) electrons. The minimum absolute atomic E-state index is 1.07. The van der Waals surface area contributed by atoms with E-state index in [1.165, 1.54) is 60.5 Å². The van der Waals surface area contributed by atoms with Crippen molar-refractivity contribution in [1.82, 2.24) is 9.97 Å². The highest BCUT2D eigenvalue weighted by molar-refractivity contribution is 6.10. The minimum Gasteiger partial charge on any atom is -0.355 e. The molecule has 3 aromatic carbocycles. The summed E-state index contributed by atoms with van der Waals surface area (Å²) in [5, 5.41) is 3.92. The number of rotatable bonds is 2. The van der Waals surface area contributed by atoms with E-state index in [1.807, 2.05) is 6.08 Å². The number of fused-ring (bicyclic) bond motifs is 8. The zero-order valence-electron chi connectivity index (χ0n) is 16.5. The molecule has 0 spiro atoms. The van der Waals surface area contributed by atoms with Crippen LogP contribution in [0, 0.1) is 0 Å². The highest BCUT2D eigenvalue weighted by atomic mass is 14.7. The zero-order valence-corrected chi connectivity index (χ0v) is 16.5. The average molecular weight is 374 g/mol. The summed E-state index contributed by atoms with van der Waals surface area (Å²) in [5.74, 6) is 0. The van der Waals surface area contributed by atoms with Gasteiger partial charge >= 0.3 is 0 Å². The molecule has 0 fully saturated rings. The van der Waals surface area contributed by atoms with E-state index in [1.54, 1.807) is 0 Å². The van der Waals surface area contributed by atoms with Crippen LogP contribution < -0.4 is 0 Å². The van der Waals surface area contributed by atoms with Crippen molar-refractivity contribution < 1.29 is 0 Å². The van der Waals surface area contributed by atoms with E-state index < -0.39 is 0 Å². The lowest BCUT2D eigenvalue weighted by Gasteiger charge is -2.21. The molecule has 2 heterocycles. The Morgan fingerprint density at radius 3 is 2.62 bits per heavy atom. The number of hydrogen-bond donors (Lipinski definition) is 2. The summed E-state index contributed by atoms with van der Waals surface area (Å²) in [6, 6.07) is 17.9. The molecule has 1 aliphatic carbocycles. The van der Waals surface area contributed by atoms with Crippen LogP contribution in [0.2, 0.25) is 0 Å². The molecule has 2 aromatic heterocycles. The van der Waals surface area contributed by atoms with Gasteiger partial charge in [-0.15, -0.1) is 0 Å². The second-order valence-corrected chi connectivity index (χ2v) is 7.90. The summed E-state index contributed by atoms with van der Waals surface area (Å²) in [6.45, 7) is 6.05. The number of allylic oxidation sites excluding steroid dienone is 1. The van der Waals surface area contributed by atoms with E-state index in [9.17, 15) is 0 Å². The number of para-hydroxylation sites is 1. The van der Waals surface area contributed by atoms with Gasteiger partial charge in [-0.2, -0.15) is 0 Å². The van der Waals surface area contributed by atoms with Gasteiger partial charge in [-0.05, 0) is 66.3 Å². The molecule has 0 bridgehead atoms. The molecular weight excluding hydrogens is 352 g/mol. The van der Waals surface area contributed by atoms with Crippen LogP contribution in [0.3, 0.4) is 0 Å². The molecule has 2 N–H and O–H groups in total. The Labute approximate surface area is 169 Å². The Hall–Kier alpha value is -3.52. The fourth-order valence-corrected chi connectivity index (χ4v) is 5.04. The molecule has 0 unspecified atom stereocenters. The molecule has 0 saturated heterocycles. The third-order valence-corrected chi connectivity index (χ3v) is 6.35. The van der Waals surface area contributed by atoms with Crippen molar-refractivity contribution in [3.8, 4) is 11.1 Å². The fourth-order valence-electron chi connectivity index (χ4n) is 5.04. The minimum atomic E-state index is 1.07. The number of hydrogen-bond acceptors (Lipinski definition) is 0. The second kappa shape index (κ2) is 5.99. The van der Waals surface area contributed by atoms with Gasteiger partial charge in [0, 0.05) is 38.4 Å². The maximum absolute atomic E-state index is 3.99. The Bertz CT molecular complexity index is 1470. The Kier molecular flexibility index (Phi) is 3.39. The van der Waals surface area contributed by atoms with Gasteiger partial charge in [-0.1, -0.05) is 49.1 Å². The van der Waals surface area contributed by atoms with Crippen molar-refractivity contribution in [1.29, 1.82) is 0 Å². The number of aromatic nitrogens is 2. The summed E-state index contributed by atoms with van der Waals surface area (Å²) in [5.41, 5.74) is 11.6. The van der Waals surface area contributed by atoms with Crippen LogP contribution in [0.15, 0.2) is 61.2 Å². The highest BCUT2D eigenvalue weighted by Gasteiger charge is 2.21. The van der Waals surface area contributed by atoms with E-state index in [0.29, 0.717) is 0 Å². The maximum Gasteiger partial charge on any atom is 0.0503 e. The van der Waals surface area contributed by atoms with Crippen LogP contribution in [-0.4, -0.2) is 9.97 Å². The molecule has 5 aromatic rings. The molecule has 2 nitrogen and oxygen atoms in total. The lowest BCUT2D eigenvalue weighted by molar-refractivity contribution is 0.951. The number of aryl methyl sites for hydroxylation is 2. The van der Waals surface area contributed by atoms with Crippen LogP contribution >= 0.6 is 0 Å². The van der Waals surface area contributed by atoms with Gasteiger partial charge in [0.25, 0.3) is 0 Å². The number of nitrogens with one attached hydrogen (secondary N) is 2. The summed E-state index contributed by atoms with van der Waals surface area (Å²) in [4.78, 5) is 7.24. The third kappa shape index (κ3) is 2.23. The number of benzene rings is 3. The van der Waals surface area contributed by atoms with E-state index in [2.05, 4.69) is 84.2 Å². The summed E-state index contributed by atoms with van der Waals surface area (Å²) >= 11 is 0. The van der Waals surface area contributed by atoms with E-state index in [4.69, 9.17) is 0 Å². The molecular formula is C27H22N2. The molecule has 29 heavy (non-hydrogen) atoms. The second-order valence-electron chi connectivity index (χ2n) is 7.90. The molecule has 1 aliphatic rings. The van der Waals surface area contributed by atoms with Gasteiger partial charge in [-0.25, -0.2) is 0 Å². The fraction of sp³-hybridized carbons (Fsp3) is 0.111. The molecule has 6 rings (SSSR count). The van der Waals surface area contributed by atoms with E-state index >= 15 is 0 Å². The molecule has 0 aliphatic heterocycles. The molecule has 0 atom stereocenters. The Morgan fingerprint density at radius 1 is 0.862 bits per heavy atom. The topological polar surface area (TPSA) is 31.6 Å². The Morgan fingerprint density at radius 2 is 1.76 bits per heavy atom. The van der Waals surface area contributed by atoms with E-state index in [0.717, 1.165) is 18.5 Å². The number of H-pyrrole nitrogens is 2. The van der Waals surface area contributed by atoms with Crippen molar-refractivity contribution >= 4 is 44.9 Å². The largest absolute Gasteiger partial charge is 0.355 e. The van der Waals surface area contributed by atoms with Gasteiger partial charge in [-0.3, -0.25) is 0 Å². The van der Waals surface area contributed by atoms with Crippen molar-refractivity contribution in [2.75, 3.05) is 0 Å². The van der Waals surface area contributed by atoms with Crippen molar-refractivity contribution in [2.45, 2.75) is 19.8 Å². The maximum atomic E-state index is 3.99. The summed E-state index contributed by atoms with van der Waals surface area (Å²) in [6.07, 6.45) is 8.31. The van der Waals surface area contributed by atoms with Crippen LogP contribution in [0.1, 0.15) is 29.3 Å². The normalized spacial score (nSPS) is 13.4. The molecule has 0 saturated carbocycles. The van der Waals surface area contributed by atoms with Crippen LogP contribution in [0.25, 0.3) is 56.0 Å². The first kappa shape index (κ1) is 16.4. The first-order valence-corrected chi connectivity index (χ1v) is 10.2. The predicted octanol–water partition coefficient (Wildman–Crippen LogP) is 7.24. The number of aromatic amines is 2. The highest BCUT2D eigenvalue weighted by Crippen LogP contribution is 2.41. The van der Waals surface area contributed by atoms with Crippen LogP contribution in [0.5, 0.6) is 0 Å². The smallest absolute Gasteiger partial charge is 0.0503 e. The van der Waals surface area contributed by atoms with Gasteiger partial charge in [0.05, 0.1) is 5.52 Å². The third-order valence-electron chi connectivity index (χ3n) is 6.35. The Balaban J connectivity index is 1.64. The first-order chi connectivity index (χ1) is 14.3. The first-order valence-electron chi connectivity index (χ1n) is 10.2. The monoisotopic (exact) mass is 374 g/mol. The van der Waals surface area contributed by atoms with Crippen molar-refractivity contribution in [2.24, 2.45) is 0 Å².